The number of carboxylic acids is 1. The molecule has 0 aromatic heterocycles. The van der Waals surface area contributed by atoms with Crippen LogP contribution < -0.4 is 0 Å². The van der Waals surface area contributed by atoms with E-state index in [1.165, 1.54) is 0 Å². The van der Waals surface area contributed by atoms with Crippen LogP contribution in [0.15, 0.2) is 24.3 Å². The maximum absolute atomic E-state index is 11.0. The molecule has 0 fully saturated rings. The van der Waals surface area contributed by atoms with Crippen molar-refractivity contribution >= 4 is 5.97 Å². The number of benzene rings is 1. The van der Waals surface area contributed by atoms with Gasteiger partial charge in [-0.25, -0.2) is 0 Å². The topological polar surface area (TPSA) is 57.5 Å². The summed E-state index contributed by atoms with van der Waals surface area (Å²) in [7, 11) is 0. The van der Waals surface area contributed by atoms with Gasteiger partial charge in [-0.2, -0.15) is 0 Å². The summed E-state index contributed by atoms with van der Waals surface area (Å²) in [6.45, 7) is 5.09. The van der Waals surface area contributed by atoms with Gasteiger partial charge >= 0.3 is 5.97 Å². The fourth-order valence-electron chi connectivity index (χ4n) is 1.72. The summed E-state index contributed by atoms with van der Waals surface area (Å²) < 4.78 is 0. The summed E-state index contributed by atoms with van der Waals surface area (Å²) in [5, 5.41) is 18.8. The Hall–Kier alpha value is -1.35. The van der Waals surface area contributed by atoms with Gasteiger partial charge in [0.25, 0.3) is 0 Å². The number of hydrogen-bond acceptors (Lipinski definition) is 2. The molecule has 1 aromatic carbocycles. The van der Waals surface area contributed by atoms with Gasteiger partial charge in [0.1, 0.15) is 0 Å². The van der Waals surface area contributed by atoms with Crippen molar-refractivity contribution in [3.05, 3.63) is 35.4 Å². The highest BCUT2D eigenvalue weighted by molar-refractivity contribution is 5.76. The van der Waals surface area contributed by atoms with Gasteiger partial charge in [-0.05, 0) is 31.9 Å². The molecule has 1 atom stereocenters. The molecule has 0 saturated carbocycles. The molecule has 0 saturated heterocycles. The Morgan fingerprint density at radius 1 is 1.38 bits per heavy atom. The molecule has 0 heterocycles. The Morgan fingerprint density at radius 2 is 1.94 bits per heavy atom. The highest BCUT2D eigenvalue weighted by Gasteiger charge is 2.21. The number of rotatable bonds is 4. The second kappa shape index (κ2) is 4.66. The summed E-state index contributed by atoms with van der Waals surface area (Å²) >= 11 is 0. The lowest BCUT2D eigenvalue weighted by molar-refractivity contribution is -0.138. The maximum atomic E-state index is 11.0. The molecule has 1 rings (SSSR count). The Bertz CT molecular complexity index is 377. The molecule has 2 N–H and O–H groups in total. The van der Waals surface area contributed by atoms with Gasteiger partial charge in [0, 0.05) is 6.42 Å². The molecule has 3 nitrogen and oxygen atoms in total. The van der Waals surface area contributed by atoms with Crippen LogP contribution in [0.4, 0.5) is 0 Å². The number of aliphatic carboxylic acids is 1. The van der Waals surface area contributed by atoms with Crippen LogP contribution in [-0.2, 0) is 11.2 Å². The quantitative estimate of drug-likeness (QED) is 0.821. The van der Waals surface area contributed by atoms with E-state index in [-0.39, 0.29) is 0 Å². The van der Waals surface area contributed by atoms with E-state index in [9.17, 15) is 9.90 Å². The molecule has 0 spiro atoms. The van der Waals surface area contributed by atoms with Crippen molar-refractivity contribution in [3.63, 3.8) is 0 Å². The van der Waals surface area contributed by atoms with E-state index >= 15 is 0 Å². The van der Waals surface area contributed by atoms with Crippen LogP contribution in [0.1, 0.15) is 37.8 Å². The molecule has 1 aromatic rings. The first-order chi connectivity index (χ1) is 7.31. The van der Waals surface area contributed by atoms with E-state index < -0.39 is 17.5 Å². The van der Waals surface area contributed by atoms with Crippen LogP contribution in [0.5, 0.6) is 0 Å². The zero-order valence-corrected chi connectivity index (χ0v) is 9.90. The Labute approximate surface area is 95.7 Å². The predicted octanol–water partition coefficient (Wildman–Crippen LogP) is 2.19. The summed E-state index contributed by atoms with van der Waals surface area (Å²) in [5.74, 6) is -1.39. The third kappa shape index (κ3) is 3.35. The highest BCUT2D eigenvalue weighted by atomic mass is 16.4. The van der Waals surface area contributed by atoms with E-state index in [1.54, 1.807) is 26.8 Å². The lowest BCUT2D eigenvalue weighted by Gasteiger charge is -2.20. The van der Waals surface area contributed by atoms with Crippen LogP contribution in [0.2, 0.25) is 0 Å². The minimum atomic E-state index is -0.844. The third-order valence-corrected chi connectivity index (χ3v) is 2.52. The van der Waals surface area contributed by atoms with Crippen molar-refractivity contribution in [1.82, 2.24) is 0 Å². The van der Waals surface area contributed by atoms with E-state index in [1.807, 2.05) is 18.2 Å². The average Bonchev–Trinajstić information content (AvgIpc) is 2.15. The number of carbonyl (C=O) groups is 1. The van der Waals surface area contributed by atoms with E-state index in [2.05, 4.69) is 0 Å². The largest absolute Gasteiger partial charge is 0.481 e. The molecule has 0 radical (unpaired) electrons. The highest BCUT2D eigenvalue weighted by Crippen LogP contribution is 2.23. The normalized spacial score (nSPS) is 13.5. The standard InChI is InChI=1S/C13H18O3/c1-9(12(14)15)11-7-5-4-6-10(11)8-13(2,3)16/h4-7,9,16H,8H2,1-3H3,(H,14,15). The van der Waals surface area contributed by atoms with Crippen molar-refractivity contribution in [2.45, 2.75) is 38.7 Å². The first-order valence-electron chi connectivity index (χ1n) is 5.34. The van der Waals surface area contributed by atoms with Gasteiger partial charge in [0.2, 0.25) is 0 Å². The van der Waals surface area contributed by atoms with Crippen LogP contribution in [0.3, 0.4) is 0 Å². The number of aliphatic hydroxyl groups is 1. The van der Waals surface area contributed by atoms with Gasteiger partial charge < -0.3 is 10.2 Å². The molecule has 3 heteroatoms. The maximum Gasteiger partial charge on any atom is 0.310 e. The zero-order chi connectivity index (χ0) is 12.3. The lowest BCUT2D eigenvalue weighted by atomic mass is 9.89. The monoisotopic (exact) mass is 222 g/mol. The van der Waals surface area contributed by atoms with Crippen molar-refractivity contribution < 1.29 is 15.0 Å². The first-order valence-corrected chi connectivity index (χ1v) is 5.34. The molecule has 88 valence electrons. The summed E-state index contributed by atoms with van der Waals surface area (Å²) in [5.41, 5.74) is 0.843. The van der Waals surface area contributed by atoms with E-state index in [0.29, 0.717) is 6.42 Å². The van der Waals surface area contributed by atoms with Crippen LogP contribution in [-0.4, -0.2) is 21.8 Å². The van der Waals surface area contributed by atoms with Crippen molar-refractivity contribution in [3.8, 4) is 0 Å². The van der Waals surface area contributed by atoms with Crippen molar-refractivity contribution in [2.24, 2.45) is 0 Å². The molecule has 16 heavy (non-hydrogen) atoms. The van der Waals surface area contributed by atoms with Crippen LogP contribution in [0, 0.1) is 0 Å². The average molecular weight is 222 g/mol. The summed E-state index contributed by atoms with van der Waals surface area (Å²) in [6.07, 6.45) is 0.459. The van der Waals surface area contributed by atoms with Crippen LogP contribution >= 0.6 is 0 Å². The van der Waals surface area contributed by atoms with Crippen molar-refractivity contribution in [2.75, 3.05) is 0 Å². The number of hydrogen-bond donors (Lipinski definition) is 2. The fourth-order valence-corrected chi connectivity index (χ4v) is 1.72. The molecular weight excluding hydrogens is 204 g/mol. The minimum Gasteiger partial charge on any atom is -0.481 e. The molecule has 0 amide bonds. The SMILES string of the molecule is CC(C(=O)O)c1ccccc1CC(C)(C)O. The first kappa shape index (κ1) is 12.7. The second-order valence-electron chi connectivity index (χ2n) is 4.75. The van der Waals surface area contributed by atoms with E-state index in [0.717, 1.165) is 11.1 Å². The minimum absolute atomic E-state index is 0.459. The lowest BCUT2D eigenvalue weighted by Crippen LogP contribution is -2.23. The smallest absolute Gasteiger partial charge is 0.310 e. The van der Waals surface area contributed by atoms with Crippen LogP contribution in [0.25, 0.3) is 0 Å². The predicted molar refractivity (Wildman–Crippen MR) is 62.5 cm³/mol. The fraction of sp³-hybridized carbons (Fsp3) is 0.462. The second-order valence-corrected chi connectivity index (χ2v) is 4.75. The number of carboxylic acid groups (broad SMARTS) is 1. The van der Waals surface area contributed by atoms with Gasteiger partial charge in [-0.15, -0.1) is 0 Å². The van der Waals surface area contributed by atoms with Gasteiger partial charge in [0.15, 0.2) is 0 Å². The molecule has 0 aliphatic heterocycles. The Morgan fingerprint density at radius 3 is 2.44 bits per heavy atom. The molecule has 0 aliphatic carbocycles. The summed E-state index contributed by atoms with van der Waals surface area (Å²) in [6, 6.07) is 7.36. The molecule has 0 aliphatic rings. The van der Waals surface area contributed by atoms with Gasteiger partial charge in [-0.3, -0.25) is 4.79 Å². The third-order valence-electron chi connectivity index (χ3n) is 2.52. The van der Waals surface area contributed by atoms with Crippen molar-refractivity contribution in [1.29, 1.82) is 0 Å². The molecule has 1 unspecified atom stereocenters. The zero-order valence-electron chi connectivity index (χ0n) is 9.90. The molecule has 0 bridgehead atoms. The van der Waals surface area contributed by atoms with Gasteiger partial charge in [0.05, 0.1) is 11.5 Å². The Kier molecular flexibility index (Phi) is 3.70. The summed E-state index contributed by atoms with van der Waals surface area (Å²) in [4.78, 5) is 11.0. The molecular formula is C13H18O3. The van der Waals surface area contributed by atoms with E-state index in [4.69, 9.17) is 5.11 Å². The van der Waals surface area contributed by atoms with Gasteiger partial charge in [-0.1, -0.05) is 24.3 Å². The Balaban J connectivity index is 3.05.